The smallest absolute Gasteiger partial charge is 0.382 e. The molecule has 3 aromatic carbocycles. The number of carbonyl (C=O) groups is 3. The van der Waals surface area contributed by atoms with Crippen molar-refractivity contribution in [2.45, 2.75) is 38.0 Å². The number of hydrogen-bond donors (Lipinski definition) is 0. The fraction of sp³-hybridized carbons (Fsp3) is 0.250. The average Bonchev–Trinajstić information content (AvgIpc) is 3.40. The van der Waals surface area contributed by atoms with Crippen LogP contribution >= 0.6 is 0 Å². The standard InChI is InChI=1S/C32H28N2O7/c1-32(2)38-18-23(19-39-32)25(34-29(36)24-30(34)41-28(33-24)22-16-10-5-11-17-22)26(35)31(37)40-27(20-12-6-3-7-13-20)21-14-8-4-9-15-21/h3-17,24,27,30H,18-19H2,1-2H3/t24-,30-/m0/s1. The number of amides is 1. The van der Waals surface area contributed by atoms with Gasteiger partial charge in [0.15, 0.2) is 17.9 Å². The zero-order chi connectivity index (χ0) is 28.6. The van der Waals surface area contributed by atoms with Crippen molar-refractivity contribution in [3.63, 3.8) is 0 Å². The van der Waals surface area contributed by atoms with Crippen LogP contribution in [0.4, 0.5) is 0 Å². The van der Waals surface area contributed by atoms with Crippen molar-refractivity contribution in [2.24, 2.45) is 4.99 Å². The minimum atomic E-state index is -1.12. The summed E-state index contributed by atoms with van der Waals surface area (Å²) in [5.74, 6) is -3.17. The molecule has 0 N–H and O–H groups in total. The van der Waals surface area contributed by atoms with Crippen molar-refractivity contribution < 1.29 is 33.3 Å². The molecule has 0 unspecified atom stereocenters. The van der Waals surface area contributed by atoms with E-state index in [0.29, 0.717) is 28.2 Å². The summed E-state index contributed by atoms with van der Waals surface area (Å²) in [5.41, 5.74) is 2.27. The van der Waals surface area contributed by atoms with Crippen molar-refractivity contribution in [3.8, 4) is 0 Å². The SMILES string of the molecule is CC1(C)OCC(=C(C(=O)C(=O)OC(c2ccccc2)c2ccccc2)N2C(=O)[C@@H]3N=C(c4ccccc4)O[C@@H]32)CO1. The molecule has 6 rings (SSSR count). The Morgan fingerprint density at radius 3 is 1.98 bits per heavy atom. The van der Waals surface area contributed by atoms with Crippen LogP contribution in [0.5, 0.6) is 0 Å². The molecule has 0 aromatic heterocycles. The van der Waals surface area contributed by atoms with E-state index >= 15 is 0 Å². The Balaban J connectivity index is 1.31. The van der Waals surface area contributed by atoms with Gasteiger partial charge in [-0.1, -0.05) is 78.9 Å². The molecule has 0 bridgehead atoms. The van der Waals surface area contributed by atoms with Gasteiger partial charge in [0.25, 0.3) is 11.7 Å². The lowest BCUT2D eigenvalue weighted by molar-refractivity contribution is -0.226. The number of aliphatic imine (C=N–C) groups is 1. The van der Waals surface area contributed by atoms with Crippen LogP contribution < -0.4 is 0 Å². The van der Waals surface area contributed by atoms with Gasteiger partial charge in [-0.15, -0.1) is 0 Å². The third-order valence-corrected chi connectivity index (χ3v) is 7.12. The maximum Gasteiger partial charge on any atom is 0.382 e. The van der Waals surface area contributed by atoms with Crippen LogP contribution in [-0.4, -0.2) is 59.7 Å². The summed E-state index contributed by atoms with van der Waals surface area (Å²) in [7, 11) is 0. The second-order valence-electron chi connectivity index (χ2n) is 10.3. The number of ether oxygens (including phenoxy) is 4. The van der Waals surface area contributed by atoms with E-state index < -0.39 is 41.8 Å². The molecule has 3 aliphatic rings. The number of hydrogen-bond acceptors (Lipinski definition) is 8. The molecule has 0 saturated carbocycles. The van der Waals surface area contributed by atoms with Crippen molar-refractivity contribution in [2.75, 3.05) is 13.2 Å². The maximum atomic E-state index is 13.9. The Bertz CT molecular complexity index is 1480. The van der Waals surface area contributed by atoms with Gasteiger partial charge in [-0.25, -0.2) is 9.79 Å². The van der Waals surface area contributed by atoms with Gasteiger partial charge in [-0.3, -0.25) is 14.5 Å². The number of rotatable bonds is 7. The van der Waals surface area contributed by atoms with Crippen molar-refractivity contribution in [3.05, 3.63) is 119 Å². The molecule has 0 spiro atoms. The minimum Gasteiger partial charge on any atom is -0.450 e. The fourth-order valence-corrected chi connectivity index (χ4v) is 4.94. The van der Waals surface area contributed by atoms with E-state index in [0.717, 1.165) is 0 Å². The third kappa shape index (κ3) is 5.17. The molecular formula is C32H28N2O7. The van der Waals surface area contributed by atoms with E-state index in [-0.39, 0.29) is 18.9 Å². The molecule has 2 atom stereocenters. The largest absolute Gasteiger partial charge is 0.450 e. The van der Waals surface area contributed by atoms with Gasteiger partial charge in [-0.2, -0.15) is 0 Å². The van der Waals surface area contributed by atoms with E-state index in [2.05, 4.69) is 4.99 Å². The maximum absolute atomic E-state index is 13.9. The summed E-state index contributed by atoms with van der Waals surface area (Å²) in [5, 5.41) is 0. The van der Waals surface area contributed by atoms with Crippen molar-refractivity contribution >= 4 is 23.6 Å². The molecule has 2 saturated heterocycles. The number of β-lactam (4-membered cyclic amide) rings is 1. The summed E-state index contributed by atoms with van der Waals surface area (Å²) in [6.45, 7) is 3.45. The monoisotopic (exact) mass is 552 g/mol. The number of likely N-dealkylation sites (tertiary alicyclic amines) is 1. The Hall–Kier alpha value is -4.60. The molecule has 9 nitrogen and oxygen atoms in total. The second-order valence-corrected chi connectivity index (χ2v) is 10.3. The van der Waals surface area contributed by atoms with Gasteiger partial charge in [0.2, 0.25) is 12.1 Å². The van der Waals surface area contributed by atoms with Gasteiger partial charge in [0.1, 0.15) is 5.70 Å². The summed E-state index contributed by atoms with van der Waals surface area (Å²) in [6.07, 6.45) is -1.72. The molecule has 3 aromatic rings. The Kier molecular flexibility index (Phi) is 6.98. The first-order valence-corrected chi connectivity index (χ1v) is 13.3. The zero-order valence-electron chi connectivity index (χ0n) is 22.6. The summed E-state index contributed by atoms with van der Waals surface area (Å²) in [6, 6.07) is 26.6. The molecule has 1 amide bonds. The Labute approximate surface area is 237 Å². The first-order valence-electron chi connectivity index (χ1n) is 13.3. The normalized spacial score (nSPS) is 21.0. The highest BCUT2D eigenvalue weighted by Gasteiger charge is 2.57. The highest BCUT2D eigenvalue weighted by Crippen LogP contribution is 2.37. The molecule has 208 valence electrons. The molecule has 3 heterocycles. The predicted molar refractivity (Wildman–Crippen MR) is 147 cm³/mol. The van der Waals surface area contributed by atoms with E-state index in [9.17, 15) is 14.4 Å². The number of ketones is 1. The number of fused-ring (bicyclic) bond motifs is 1. The van der Waals surface area contributed by atoms with Crippen molar-refractivity contribution in [1.82, 2.24) is 4.90 Å². The van der Waals surface area contributed by atoms with E-state index in [1.807, 2.05) is 91.0 Å². The van der Waals surface area contributed by atoms with Crippen LogP contribution in [0.15, 0.2) is 107 Å². The molecular weight excluding hydrogens is 524 g/mol. The lowest BCUT2D eigenvalue weighted by Gasteiger charge is -2.42. The van der Waals surface area contributed by atoms with Gasteiger partial charge >= 0.3 is 5.97 Å². The van der Waals surface area contributed by atoms with Crippen LogP contribution in [0, 0.1) is 0 Å². The van der Waals surface area contributed by atoms with E-state index in [4.69, 9.17) is 18.9 Å². The summed E-state index contributed by atoms with van der Waals surface area (Å²) < 4.78 is 23.4. The Morgan fingerprint density at radius 1 is 0.878 bits per heavy atom. The highest BCUT2D eigenvalue weighted by atomic mass is 16.7. The zero-order valence-corrected chi connectivity index (χ0v) is 22.6. The van der Waals surface area contributed by atoms with Crippen LogP contribution in [0.3, 0.4) is 0 Å². The van der Waals surface area contributed by atoms with Crippen LogP contribution in [-0.2, 0) is 33.3 Å². The number of nitrogens with zero attached hydrogens (tertiary/aromatic N) is 2. The number of benzene rings is 3. The topological polar surface area (TPSA) is 104 Å². The molecule has 0 aliphatic carbocycles. The quantitative estimate of drug-likeness (QED) is 0.189. The van der Waals surface area contributed by atoms with Gasteiger partial charge in [0, 0.05) is 11.1 Å². The first kappa shape index (κ1) is 26.6. The molecule has 3 aliphatic heterocycles. The molecule has 41 heavy (non-hydrogen) atoms. The van der Waals surface area contributed by atoms with Crippen LogP contribution in [0.25, 0.3) is 0 Å². The predicted octanol–water partition coefficient (Wildman–Crippen LogP) is 3.94. The Morgan fingerprint density at radius 2 is 1.41 bits per heavy atom. The fourth-order valence-electron chi connectivity index (χ4n) is 4.94. The van der Waals surface area contributed by atoms with Gasteiger partial charge < -0.3 is 18.9 Å². The number of carbonyl (C=O) groups excluding carboxylic acids is 3. The summed E-state index contributed by atoms with van der Waals surface area (Å²) >= 11 is 0. The number of Topliss-reactive ketones (excluding diaryl/α,β-unsaturated/α-hetero) is 1. The highest BCUT2D eigenvalue weighted by molar-refractivity contribution is 6.41. The third-order valence-electron chi connectivity index (χ3n) is 7.12. The van der Waals surface area contributed by atoms with Crippen LogP contribution in [0.2, 0.25) is 0 Å². The van der Waals surface area contributed by atoms with Crippen molar-refractivity contribution in [1.29, 1.82) is 0 Å². The molecule has 9 heteroatoms. The lowest BCUT2D eigenvalue weighted by Crippen LogP contribution is -2.64. The molecule has 2 fully saturated rings. The van der Waals surface area contributed by atoms with Crippen LogP contribution in [0.1, 0.15) is 36.6 Å². The summed E-state index contributed by atoms with van der Waals surface area (Å²) in [4.78, 5) is 46.4. The van der Waals surface area contributed by atoms with Gasteiger partial charge in [0.05, 0.1) is 13.2 Å². The van der Waals surface area contributed by atoms with E-state index in [1.165, 1.54) is 4.90 Å². The second kappa shape index (κ2) is 10.8. The average molecular weight is 553 g/mol. The lowest BCUT2D eigenvalue weighted by atomic mass is 9.99. The minimum absolute atomic E-state index is 0.0181. The number of esters is 1. The van der Waals surface area contributed by atoms with Gasteiger partial charge in [-0.05, 0) is 37.1 Å². The first-order chi connectivity index (χ1) is 19.8. The molecule has 0 radical (unpaired) electrons. The van der Waals surface area contributed by atoms with E-state index in [1.54, 1.807) is 13.8 Å².